The third-order valence-electron chi connectivity index (χ3n) is 3.83. The zero-order valence-corrected chi connectivity index (χ0v) is 15.7. The maximum atomic E-state index is 12.0. The van der Waals surface area contributed by atoms with Crippen LogP contribution >= 0.6 is 11.3 Å². The Bertz CT molecular complexity index is 767. The molecular weight excluding hydrogens is 366 g/mol. The number of sulfone groups is 1. The Hall–Kier alpha value is -1.74. The molecule has 0 bridgehead atoms. The summed E-state index contributed by atoms with van der Waals surface area (Å²) in [6, 6.07) is 3.12. The summed E-state index contributed by atoms with van der Waals surface area (Å²) >= 11 is 1.37. The number of esters is 1. The average molecular weight is 387 g/mol. The lowest BCUT2D eigenvalue weighted by atomic mass is 10.2. The number of carbonyl (C=O) groups is 3. The van der Waals surface area contributed by atoms with E-state index in [0.717, 1.165) is 4.88 Å². The first-order valence-corrected chi connectivity index (χ1v) is 10.6. The molecule has 138 valence electrons. The van der Waals surface area contributed by atoms with Gasteiger partial charge in [-0.2, -0.15) is 0 Å². The quantitative estimate of drug-likeness (QED) is 0.557. The molecule has 7 nitrogen and oxygen atoms in total. The molecule has 0 radical (unpaired) electrons. The van der Waals surface area contributed by atoms with Gasteiger partial charge in [-0.25, -0.2) is 8.42 Å². The average Bonchev–Trinajstić information content (AvgIpc) is 3.10. The van der Waals surface area contributed by atoms with E-state index in [1.54, 1.807) is 6.07 Å². The third kappa shape index (κ3) is 5.93. The molecule has 0 unspecified atom stereocenters. The van der Waals surface area contributed by atoms with Crippen molar-refractivity contribution in [3.8, 4) is 0 Å². The Morgan fingerprint density at radius 3 is 2.60 bits per heavy atom. The standard InChI is InChI=1S/C16H21NO6S2/c1-10-3-5-14(24-10)13(18)4-6-15(19)23-11(2)16(20)17-12-7-8-25(21,22)9-12/h3,5,11-12H,4,6-9H2,1-2H3,(H,17,20)/t11-,12-/m1/s1. The second kappa shape index (κ2) is 8.09. The summed E-state index contributed by atoms with van der Waals surface area (Å²) in [6.45, 7) is 3.31. The number of carbonyl (C=O) groups excluding carboxylic acids is 3. The molecule has 0 aromatic carbocycles. The molecule has 1 aromatic rings. The van der Waals surface area contributed by atoms with Crippen molar-refractivity contribution in [2.24, 2.45) is 0 Å². The molecule has 1 fully saturated rings. The second-order valence-electron chi connectivity index (χ2n) is 6.07. The molecule has 0 aliphatic carbocycles. The molecule has 1 aromatic heterocycles. The van der Waals surface area contributed by atoms with Crippen LogP contribution in [-0.4, -0.2) is 49.7 Å². The maximum Gasteiger partial charge on any atom is 0.307 e. The van der Waals surface area contributed by atoms with Gasteiger partial charge in [-0.1, -0.05) is 0 Å². The van der Waals surface area contributed by atoms with Gasteiger partial charge in [0.15, 0.2) is 21.7 Å². The molecule has 2 rings (SSSR count). The highest BCUT2D eigenvalue weighted by molar-refractivity contribution is 7.91. The van der Waals surface area contributed by atoms with Crippen molar-refractivity contribution in [1.82, 2.24) is 5.32 Å². The zero-order chi connectivity index (χ0) is 18.6. The molecule has 2 atom stereocenters. The number of ether oxygens (including phenoxy) is 1. The largest absolute Gasteiger partial charge is 0.453 e. The highest BCUT2D eigenvalue weighted by atomic mass is 32.2. The van der Waals surface area contributed by atoms with Crippen LogP contribution < -0.4 is 5.32 Å². The zero-order valence-electron chi connectivity index (χ0n) is 14.1. The SMILES string of the molecule is Cc1ccc(C(=O)CCC(=O)O[C@H](C)C(=O)N[C@@H]2CCS(=O)(=O)C2)s1. The summed E-state index contributed by atoms with van der Waals surface area (Å²) in [5.74, 6) is -1.34. The number of aryl methyl sites for hydroxylation is 1. The van der Waals surface area contributed by atoms with Crippen LogP contribution in [0.3, 0.4) is 0 Å². The van der Waals surface area contributed by atoms with E-state index in [-0.39, 0.29) is 30.1 Å². The minimum absolute atomic E-state index is 0.0218. The summed E-state index contributed by atoms with van der Waals surface area (Å²) in [5, 5.41) is 2.57. The van der Waals surface area contributed by atoms with E-state index in [1.807, 2.05) is 13.0 Å². The second-order valence-corrected chi connectivity index (χ2v) is 9.59. The number of nitrogens with one attached hydrogen (secondary N) is 1. The van der Waals surface area contributed by atoms with Gasteiger partial charge in [-0.05, 0) is 32.4 Å². The Morgan fingerprint density at radius 2 is 2.04 bits per heavy atom. The molecule has 0 saturated carbocycles. The van der Waals surface area contributed by atoms with Crippen molar-refractivity contribution in [2.75, 3.05) is 11.5 Å². The number of rotatable bonds is 7. The first-order chi connectivity index (χ1) is 11.7. The van der Waals surface area contributed by atoms with Gasteiger partial charge in [-0.15, -0.1) is 11.3 Å². The highest BCUT2D eigenvalue weighted by Gasteiger charge is 2.30. The van der Waals surface area contributed by atoms with E-state index in [4.69, 9.17) is 4.74 Å². The number of Topliss-reactive ketones (excluding diaryl/α,β-unsaturated/α-hetero) is 1. The van der Waals surface area contributed by atoms with E-state index < -0.39 is 33.9 Å². The van der Waals surface area contributed by atoms with E-state index in [2.05, 4.69) is 5.32 Å². The number of thiophene rings is 1. The van der Waals surface area contributed by atoms with Crippen molar-refractivity contribution in [3.05, 3.63) is 21.9 Å². The van der Waals surface area contributed by atoms with Gasteiger partial charge in [0.25, 0.3) is 5.91 Å². The monoisotopic (exact) mass is 387 g/mol. The molecular formula is C16H21NO6S2. The predicted molar refractivity (Wildman–Crippen MR) is 93.4 cm³/mol. The first kappa shape index (κ1) is 19.6. The lowest BCUT2D eigenvalue weighted by Gasteiger charge is -2.16. The molecule has 1 aliphatic rings. The predicted octanol–water partition coefficient (Wildman–Crippen LogP) is 1.25. The van der Waals surface area contributed by atoms with Crippen molar-refractivity contribution in [2.45, 2.75) is 45.3 Å². The van der Waals surface area contributed by atoms with Gasteiger partial charge in [-0.3, -0.25) is 14.4 Å². The van der Waals surface area contributed by atoms with Crippen LogP contribution in [0.15, 0.2) is 12.1 Å². The summed E-state index contributed by atoms with van der Waals surface area (Å²) in [6.07, 6.45) is -0.752. The third-order valence-corrected chi connectivity index (χ3v) is 6.64. The topological polar surface area (TPSA) is 107 Å². The van der Waals surface area contributed by atoms with E-state index in [9.17, 15) is 22.8 Å². The van der Waals surface area contributed by atoms with Gasteiger partial charge >= 0.3 is 5.97 Å². The molecule has 2 heterocycles. The molecule has 25 heavy (non-hydrogen) atoms. The summed E-state index contributed by atoms with van der Waals surface area (Å²) in [4.78, 5) is 37.3. The molecule has 0 spiro atoms. The fourth-order valence-corrected chi connectivity index (χ4v) is 4.97. The number of hydrogen-bond acceptors (Lipinski definition) is 7. The number of amides is 1. The molecule has 1 amide bonds. The van der Waals surface area contributed by atoms with Crippen LogP contribution in [-0.2, 0) is 24.2 Å². The van der Waals surface area contributed by atoms with E-state index in [1.165, 1.54) is 18.3 Å². The first-order valence-electron chi connectivity index (χ1n) is 7.96. The number of hydrogen-bond donors (Lipinski definition) is 1. The van der Waals surface area contributed by atoms with E-state index >= 15 is 0 Å². The van der Waals surface area contributed by atoms with Crippen LogP contribution in [0.5, 0.6) is 0 Å². The molecule has 1 saturated heterocycles. The van der Waals surface area contributed by atoms with Gasteiger partial charge in [0.1, 0.15) is 0 Å². The van der Waals surface area contributed by atoms with Crippen LogP contribution in [0.1, 0.15) is 40.7 Å². The Labute approximate surface area is 150 Å². The highest BCUT2D eigenvalue weighted by Crippen LogP contribution is 2.17. The summed E-state index contributed by atoms with van der Waals surface area (Å²) in [7, 11) is -3.09. The lowest BCUT2D eigenvalue weighted by molar-refractivity contribution is -0.154. The number of ketones is 1. The van der Waals surface area contributed by atoms with Crippen molar-refractivity contribution in [3.63, 3.8) is 0 Å². The van der Waals surface area contributed by atoms with Crippen molar-refractivity contribution >= 4 is 38.8 Å². The van der Waals surface area contributed by atoms with Crippen molar-refractivity contribution in [1.29, 1.82) is 0 Å². The molecule has 9 heteroatoms. The van der Waals surface area contributed by atoms with Crippen molar-refractivity contribution < 1.29 is 27.5 Å². The Balaban J connectivity index is 1.74. The van der Waals surface area contributed by atoms with Gasteiger partial charge in [0.2, 0.25) is 0 Å². The minimum atomic E-state index is -3.09. The fraction of sp³-hybridized carbons (Fsp3) is 0.562. The normalized spacial score (nSPS) is 20.0. The minimum Gasteiger partial charge on any atom is -0.453 e. The van der Waals surface area contributed by atoms with Gasteiger partial charge < -0.3 is 10.1 Å². The molecule has 1 N–H and O–H groups in total. The summed E-state index contributed by atoms with van der Waals surface area (Å²) in [5.41, 5.74) is 0. The summed E-state index contributed by atoms with van der Waals surface area (Å²) < 4.78 is 27.8. The van der Waals surface area contributed by atoms with E-state index in [0.29, 0.717) is 11.3 Å². The van der Waals surface area contributed by atoms with Crippen LogP contribution in [0.25, 0.3) is 0 Å². The molecule has 1 aliphatic heterocycles. The lowest BCUT2D eigenvalue weighted by Crippen LogP contribution is -2.42. The van der Waals surface area contributed by atoms with Gasteiger partial charge in [0, 0.05) is 17.3 Å². The van der Waals surface area contributed by atoms with Gasteiger partial charge in [0.05, 0.1) is 22.8 Å². The van der Waals surface area contributed by atoms with Crippen LogP contribution in [0.2, 0.25) is 0 Å². The Morgan fingerprint density at radius 1 is 1.32 bits per heavy atom. The van der Waals surface area contributed by atoms with Crippen LogP contribution in [0.4, 0.5) is 0 Å². The maximum absolute atomic E-state index is 12.0. The Kier molecular flexibility index (Phi) is 6.34. The van der Waals surface area contributed by atoms with Crippen LogP contribution in [0, 0.1) is 6.92 Å². The smallest absolute Gasteiger partial charge is 0.307 e. The fourth-order valence-electron chi connectivity index (χ4n) is 2.46.